The molecule has 0 spiro atoms. The van der Waals surface area contributed by atoms with Crippen LogP contribution in [0.4, 0.5) is 0 Å². The second kappa shape index (κ2) is 7.74. The van der Waals surface area contributed by atoms with Gasteiger partial charge in [-0.2, -0.15) is 0 Å². The molecule has 0 aliphatic heterocycles. The van der Waals surface area contributed by atoms with E-state index in [1.807, 2.05) is 30.3 Å². The van der Waals surface area contributed by atoms with Crippen molar-refractivity contribution in [3.8, 4) is 0 Å². The quantitative estimate of drug-likeness (QED) is 0.887. The van der Waals surface area contributed by atoms with Crippen molar-refractivity contribution in [2.45, 2.75) is 19.4 Å². The van der Waals surface area contributed by atoms with Crippen LogP contribution in [0.5, 0.6) is 0 Å². The van der Waals surface area contributed by atoms with E-state index in [0.29, 0.717) is 13.0 Å². The maximum Gasteiger partial charge on any atom is 0.260 e. The summed E-state index contributed by atoms with van der Waals surface area (Å²) < 4.78 is 5.25. The summed E-state index contributed by atoms with van der Waals surface area (Å²) in [7, 11) is 3.31. The number of ether oxygens (including phenoxy) is 1. The number of hydrogen-bond acceptors (Lipinski definition) is 3. The Morgan fingerprint density at radius 3 is 2.52 bits per heavy atom. The van der Waals surface area contributed by atoms with Crippen molar-refractivity contribution in [1.82, 2.24) is 9.88 Å². The van der Waals surface area contributed by atoms with Crippen molar-refractivity contribution in [3.63, 3.8) is 0 Å². The number of benzene rings is 1. The molecule has 1 atom stereocenters. The zero-order valence-corrected chi connectivity index (χ0v) is 13.7. The maximum atomic E-state index is 12.6. The van der Waals surface area contributed by atoms with Crippen LogP contribution in [0.3, 0.4) is 0 Å². The van der Waals surface area contributed by atoms with Crippen molar-refractivity contribution < 1.29 is 9.53 Å². The lowest BCUT2D eigenvalue weighted by Gasteiger charge is -2.27. The molecule has 0 saturated carbocycles. The molecule has 1 amide bonds. The Bertz CT molecular complexity index is 710. The normalized spacial score (nSPS) is 12.0. The minimum Gasteiger partial charge on any atom is -0.383 e. The van der Waals surface area contributed by atoms with Gasteiger partial charge in [0.15, 0.2) is 0 Å². The molecular formula is C18H22N2O3. The van der Waals surface area contributed by atoms with Crippen LogP contribution in [-0.4, -0.2) is 42.6 Å². The van der Waals surface area contributed by atoms with E-state index in [1.165, 1.54) is 0 Å². The van der Waals surface area contributed by atoms with Gasteiger partial charge in [-0.05, 0) is 31.0 Å². The monoisotopic (exact) mass is 314 g/mol. The van der Waals surface area contributed by atoms with E-state index >= 15 is 0 Å². The number of rotatable bonds is 6. The Morgan fingerprint density at radius 1 is 1.22 bits per heavy atom. The third kappa shape index (κ3) is 4.29. The first kappa shape index (κ1) is 17.0. The molecule has 0 saturated heterocycles. The number of aromatic amines is 1. The largest absolute Gasteiger partial charge is 0.383 e. The number of nitrogens with zero attached hydrogens (tertiary/aromatic N) is 1. The van der Waals surface area contributed by atoms with Crippen molar-refractivity contribution in [2.75, 3.05) is 20.8 Å². The molecule has 0 fully saturated rings. The first-order valence-electron chi connectivity index (χ1n) is 7.53. The lowest BCUT2D eigenvalue weighted by molar-refractivity contribution is 0.0603. The highest BCUT2D eigenvalue weighted by Crippen LogP contribution is 2.11. The van der Waals surface area contributed by atoms with E-state index in [2.05, 4.69) is 4.98 Å². The van der Waals surface area contributed by atoms with E-state index in [9.17, 15) is 9.59 Å². The van der Waals surface area contributed by atoms with Gasteiger partial charge in [0.2, 0.25) is 0 Å². The highest BCUT2D eigenvalue weighted by Gasteiger charge is 2.23. The zero-order valence-electron chi connectivity index (χ0n) is 13.7. The molecule has 1 heterocycles. The van der Waals surface area contributed by atoms with Crippen LogP contribution in [-0.2, 0) is 11.2 Å². The number of methoxy groups -OCH3 is 1. The van der Waals surface area contributed by atoms with E-state index in [4.69, 9.17) is 4.74 Å². The summed E-state index contributed by atoms with van der Waals surface area (Å²) in [4.78, 5) is 28.9. The Labute approximate surface area is 135 Å². The summed E-state index contributed by atoms with van der Waals surface area (Å²) in [5.74, 6) is -0.302. The number of H-pyrrole nitrogens is 1. The van der Waals surface area contributed by atoms with Gasteiger partial charge in [-0.15, -0.1) is 0 Å². The summed E-state index contributed by atoms with van der Waals surface area (Å²) in [6, 6.07) is 13.1. The van der Waals surface area contributed by atoms with Crippen LogP contribution in [0.2, 0.25) is 0 Å². The molecule has 0 bridgehead atoms. The number of carbonyl (C=O) groups is 1. The number of amides is 1. The molecule has 2 aromatic rings. The summed E-state index contributed by atoms with van der Waals surface area (Å²) in [5.41, 5.74) is 1.63. The Morgan fingerprint density at radius 2 is 1.91 bits per heavy atom. The molecule has 122 valence electrons. The second-order valence-corrected chi connectivity index (χ2v) is 5.60. The standard InChI is InChI=1S/C18H22N2O3/c1-13-9-10-16(17(21)19-13)18(22)20(2)15(12-23-3)11-14-7-5-4-6-8-14/h4-10,15H,11-12H2,1-3H3,(H,19,21). The summed E-state index contributed by atoms with van der Waals surface area (Å²) in [5, 5.41) is 0. The van der Waals surface area contributed by atoms with Crippen molar-refractivity contribution in [2.24, 2.45) is 0 Å². The molecule has 5 heteroatoms. The molecule has 1 unspecified atom stereocenters. The number of aryl methyl sites for hydroxylation is 1. The molecule has 0 radical (unpaired) electrons. The minimum absolute atomic E-state index is 0.143. The van der Waals surface area contributed by atoms with Crippen LogP contribution >= 0.6 is 0 Å². The van der Waals surface area contributed by atoms with E-state index < -0.39 is 0 Å². The van der Waals surface area contributed by atoms with Gasteiger partial charge in [-0.1, -0.05) is 30.3 Å². The molecule has 0 aliphatic rings. The van der Waals surface area contributed by atoms with Crippen LogP contribution < -0.4 is 5.56 Å². The average Bonchev–Trinajstić information content (AvgIpc) is 2.54. The molecule has 2 rings (SSSR count). The van der Waals surface area contributed by atoms with Gasteiger partial charge in [-0.3, -0.25) is 9.59 Å². The minimum atomic E-state index is -0.363. The number of hydrogen-bond donors (Lipinski definition) is 1. The van der Waals surface area contributed by atoms with E-state index in [0.717, 1.165) is 11.3 Å². The fourth-order valence-corrected chi connectivity index (χ4v) is 2.48. The lowest BCUT2D eigenvalue weighted by Crippen LogP contribution is -2.43. The van der Waals surface area contributed by atoms with Gasteiger partial charge in [-0.25, -0.2) is 0 Å². The topological polar surface area (TPSA) is 62.4 Å². The number of nitrogens with one attached hydrogen (secondary N) is 1. The predicted octanol–water partition coefficient (Wildman–Crippen LogP) is 2.01. The highest BCUT2D eigenvalue weighted by atomic mass is 16.5. The molecular weight excluding hydrogens is 292 g/mol. The number of pyridine rings is 1. The smallest absolute Gasteiger partial charge is 0.260 e. The van der Waals surface area contributed by atoms with Gasteiger partial charge in [0.05, 0.1) is 12.6 Å². The first-order valence-corrected chi connectivity index (χ1v) is 7.53. The number of carbonyl (C=O) groups excluding carboxylic acids is 1. The zero-order chi connectivity index (χ0) is 16.8. The fourth-order valence-electron chi connectivity index (χ4n) is 2.48. The van der Waals surface area contributed by atoms with Gasteiger partial charge in [0.1, 0.15) is 5.56 Å². The van der Waals surface area contributed by atoms with Gasteiger partial charge >= 0.3 is 0 Å². The second-order valence-electron chi connectivity index (χ2n) is 5.60. The average molecular weight is 314 g/mol. The summed E-state index contributed by atoms with van der Waals surface area (Å²) in [6.07, 6.45) is 0.667. The molecule has 5 nitrogen and oxygen atoms in total. The van der Waals surface area contributed by atoms with Crippen LogP contribution in [0.1, 0.15) is 21.6 Å². The predicted molar refractivity (Wildman–Crippen MR) is 89.7 cm³/mol. The molecule has 1 aromatic heterocycles. The molecule has 23 heavy (non-hydrogen) atoms. The number of aromatic nitrogens is 1. The first-order chi connectivity index (χ1) is 11.0. The molecule has 1 N–H and O–H groups in total. The maximum absolute atomic E-state index is 12.6. The van der Waals surface area contributed by atoms with Crippen LogP contribution in [0.15, 0.2) is 47.3 Å². The van der Waals surface area contributed by atoms with Gasteiger partial charge in [0.25, 0.3) is 11.5 Å². The van der Waals surface area contributed by atoms with Crippen LogP contribution in [0, 0.1) is 6.92 Å². The molecule has 0 aliphatic carbocycles. The highest BCUT2D eigenvalue weighted by molar-refractivity contribution is 5.93. The van der Waals surface area contributed by atoms with Crippen molar-refractivity contribution >= 4 is 5.91 Å². The van der Waals surface area contributed by atoms with Crippen molar-refractivity contribution in [1.29, 1.82) is 0 Å². The SMILES string of the molecule is COCC(Cc1ccccc1)N(C)C(=O)c1ccc(C)[nH]c1=O. The Kier molecular flexibility index (Phi) is 5.71. The fraction of sp³-hybridized carbons (Fsp3) is 0.333. The van der Waals surface area contributed by atoms with Gasteiger partial charge in [0, 0.05) is 19.9 Å². The summed E-state index contributed by atoms with van der Waals surface area (Å²) >= 11 is 0. The number of likely N-dealkylation sites (N-methyl/N-ethyl adjacent to an activating group) is 1. The van der Waals surface area contributed by atoms with E-state index in [-0.39, 0.29) is 23.1 Å². The van der Waals surface area contributed by atoms with Crippen molar-refractivity contribution in [3.05, 3.63) is 69.6 Å². The van der Waals surface area contributed by atoms with E-state index in [1.54, 1.807) is 38.1 Å². The molecule has 1 aromatic carbocycles. The third-order valence-electron chi connectivity index (χ3n) is 3.83. The third-order valence-corrected chi connectivity index (χ3v) is 3.83. The van der Waals surface area contributed by atoms with Crippen LogP contribution in [0.25, 0.3) is 0 Å². The Hall–Kier alpha value is -2.40. The lowest BCUT2D eigenvalue weighted by atomic mass is 10.0. The Balaban J connectivity index is 2.21. The van der Waals surface area contributed by atoms with Gasteiger partial charge < -0.3 is 14.6 Å². The summed E-state index contributed by atoms with van der Waals surface area (Å²) in [6.45, 7) is 2.18.